The smallest absolute Gasteiger partial charge is 0.328 e. The molecule has 0 unspecified atom stereocenters. The number of nitrogens with one attached hydrogen (secondary N) is 2. The number of fused-ring (bicyclic) bond motifs is 1. The van der Waals surface area contributed by atoms with Crippen LogP contribution >= 0.6 is 0 Å². The van der Waals surface area contributed by atoms with Crippen LogP contribution in [0.25, 0.3) is 22.6 Å². The van der Waals surface area contributed by atoms with Crippen LogP contribution in [0.1, 0.15) is 0 Å². The molecule has 0 aliphatic carbocycles. The highest BCUT2D eigenvalue weighted by molar-refractivity contribution is 5.85. The number of carbonyl (C=O) groups excluding carboxylic acids is 1. The number of hydrogen-bond donors (Lipinski definition) is 4. The first kappa shape index (κ1) is 17.8. The Labute approximate surface area is 158 Å². The van der Waals surface area contributed by atoms with E-state index in [2.05, 4.69) is 30.2 Å². The lowest BCUT2D eigenvalue weighted by atomic mass is 10.3. The molecule has 0 atom stereocenters. The van der Waals surface area contributed by atoms with Crippen molar-refractivity contribution in [2.75, 3.05) is 5.73 Å². The molecule has 14 nitrogen and oxygen atoms in total. The normalized spacial score (nSPS) is 11.4. The second-order valence-corrected chi connectivity index (χ2v) is 5.71. The number of benzene rings is 1. The van der Waals surface area contributed by atoms with Gasteiger partial charge in [0.15, 0.2) is 17.3 Å². The van der Waals surface area contributed by atoms with E-state index in [1.807, 2.05) is 9.97 Å². The maximum atomic E-state index is 12.4. The zero-order valence-corrected chi connectivity index (χ0v) is 14.4. The quantitative estimate of drug-likeness (QED) is 0.342. The minimum atomic E-state index is -1.00. The minimum Gasteiger partial charge on any atom is -0.493 e. The predicted octanol–water partition coefficient (Wildman–Crippen LogP) is 0.0612. The summed E-state index contributed by atoms with van der Waals surface area (Å²) in [6, 6.07) is 6.96. The first-order chi connectivity index (χ1) is 13.9. The molecule has 5 N–H and O–H groups in total. The van der Waals surface area contributed by atoms with E-state index in [4.69, 9.17) is 5.73 Å². The van der Waals surface area contributed by atoms with Crippen molar-refractivity contribution >= 4 is 28.4 Å². The van der Waals surface area contributed by atoms with E-state index < -0.39 is 28.7 Å². The Morgan fingerprint density at radius 3 is 2.76 bits per heavy atom. The molecule has 4 aromatic rings. The Morgan fingerprint density at radius 1 is 1.24 bits per heavy atom. The summed E-state index contributed by atoms with van der Waals surface area (Å²) in [5.41, 5.74) is 4.47. The minimum absolute atomic E-state index is 0.0136. The number of nitrogens with two attached hydrogens (primary N) is 1. The van der Waals surface area contributed by atoms with E-state index >= 15 is 0 Å². The molecule has 14 heteroatoms. The van der Waals surface area contributed by atoms with Crippen LogP contribution in [0.3, 0.4) is 0 Å². The fourth-order valence-electron chi connectivity index (χ4n) is 2.60. The SMILES string of the molecule is Nc1nonc1-c1nc2ccccc2n1CC(=O)N=Nc1c(O)[nH]c(=O)[nH]c1=O. The molecule has 3 aromatic heterocycles. The number of H-pyrrole nitrogens is 2. The average molecular weight is 397 g/mol. The number of rotatable bonds is 4. The van der Waals surface area contributed by atoms with Gasteiger partial charge in [-0.2, -0.15) is 0 Å². The summed E-state index contributed by atoms with van der Waals surface area (Å²) in [6.07, 6.45) is 0. The van der Waals surface area contributed by atoms with Gasteiger partial charge < -0.3 is 15.4 Å². The van der Waals surface area contributed by atoms with Gasteiger partial charge in [-0.3, -0.25) is 19.6 Å². The first-order valence-corrected chi connectivity index (χ1v) is 7.98. The van der Waals surface area contributed by atoms with Crippen molar-refractivity contribution in [3.63, 3.8) is 0 Å². The number of aromatic hydroxyl groups is 1. The zero-order chi connectivity index (χ0) is 20.5. The molecule has 0 aliphatic rings. The van der Waals surface area contributed by atoms with Gasteiger partial charge in [-0.15, -0.1) is 10.2 Å². The number of anilines is 1. The molecule has 0 bridgehead atoms. The second kappa shape index (κ2) is 6.84. The summed E-state index contributed by atoms with van der Waals surface area (Å²) in [4.78, 5) is 43.3. The van der Waals surface area contributed by atoms with Crippen LogP contribution < -0.4 is 17.0 Å². The molecule has 0 saturated carbocycles. The van der Waals surface area contributed by atoms with Gasteiger partial charge in [0, 0.05) is 0 Å². The fraction of sp³-hybridized carbons (Fsp3) is 0.0667. The summed E-state index contributed by atoms with van der Waals surface area (Å²) in [7, 11) is 0. The molecule has 1 aromatic carbocycles. The van der Waals surface area contributed by atoms with Crippen LogP contribution in [0.2, 0.25) is 0 Å². The molecular formula is C15H11N9O5. The average Bonchev–Trinajstić information content (AvgIpc) is 3.24. The molecule has 1 amide bonds. The Hall–Kier alpha value is -4.62. The molecular weight excluding hydrogens is 386 g/mol. The number of azo groups is 1. The third-order valence-corrected chi connectivity index (χ3v) is 3.83. The van der Waals surface area contributed by atoms with Gasteiger partial charge in [-0.05, 0) is 22.4 Å². The van der Waals surface area contributed by atoms with Crippen LogP contribution in [0.5, 0.6) is 5.88 Å². The lowest BCUT2D eigenvalue weighted by molar-refractivity contribution is -0.118. The Bertz CT molecular complexity index is 1380. The van der Waals surface area contributed by atoms with Crippen molar-refractivity contribution in [3.05, 3.63) is 45.1 Å². The lowest BCUT2D eigenvalue weighted by Crippen LogP contribution is -2.21. The maximum absolute atomic E-state index is 12.4. The van der Waals surface area contributed by atoms with Crippen molar-refractivity contribution < 1.29 is 14.5 Å². The molecule has 0 fully saturated rings. The molecule has 0 spiro atoms. The number of aromatic amines is 2. The Balaban J connectivity index is 1.71. The van der Waals surface area contributed by atoms with Gasteiger partial charge in [0.05, 0.1) is 11.0 Å². The number of hydrogen-bond acceptors (Lipinski definition) is 10. The van der Waals surface area contributed by atoms with E-state index in [0.29, 0.717) is 11.0 Å². The highest BCUT2D eigenvalue weighted by Gasteiger charge is 2.20. The topological polar surface area (TPSA) is 210 Å². The summed E-state index contributed by atoms with van der Waals surface area (Å²) < 4.78 is 6.07. The van der Waals surface area contributed by atoms with Crippen LogP contribution in [0.4, 0.5) is 11.5 Å². The van der Waals surface area contributed by atoms with E-state index in [0.717, 1.165) is 0 Å². The molecule has 146 valence electrons. The highest BCUT2D eigenvalue weighted by Crippen LogP contribution is 2.26. The molecule has 0 aliphatic heterocycles. The monoisotopic (exact) mass is 397 g/mol. The van der Waals surface area contributed by atoms with Crippen molar-refractivity contribution in [1.82, 2.24) is 29.8 Å². The molecule has 0 radical (unpaired) electrons. The van der Waals surface area contributed by atoms with Gasteiger partial charge in [-0.25, -0.2) is 14.4 Å². The van der Waals surface area contributed by atoms with Crippen molar-refractivity contribution in [2.24, 2.45) is 10.2 Å². The first-order valence-electron chi connectivity index (χ1n) is 7.98. The van der Waals surface area contributed by atoms with E-state index in [9.17, 15) is 19.5 Å². The van der Waals surface area contributed by atoms with Gasteiger partial charge in [0.1, 0.15) is 6.54 Å². The largest absolute Gasteiger partial charge is 0.493 e. The molecule has 29 heavy (non-hydrogen) atoms. The number of amides is 1. The number of nitrogen functional groups attached to an aromatic ring is 1. The van der Waals surface area contributed by atoms with Gasteiger partial charge in [0.25, 0.3) is 11.5 Å². The zero-order valence-electron chi connectivity index (χ0n) is 14.4. The molecule has 3 heterocycles. The van der Waals surface area contributed by atoms with Crippen LogP contribution in [-0.2, 0) is 11.3 Å². The number of imidazole rings is 1. The summed E-state index contributed by atoms with van der Waals surface area (Å²) >= 11 is 0. The van der Waals surface area contributed by atoms with Gasteiger partial charge >= 0.3 is 5.69 Å². The number of nitrogens with zero attached hydrogens (tertiary/aromatic N) is 6. The summed E-state index contributed by atoms with van der Waals surface area (Å²) in [5, 5.41) is 23.6. The number of para-hydroxylation sites is 2. The fourth-order valence-corrected chi connectivity index (χ4v) is 2.60. The van der Waals surface area contributed by atoms with Crippen molar-refractivity contribution in [1.29, 1.82) is 0 Å². The van der Waals surface area contributed by atoms with E-state index in [1.165, 1.54) is 4.57 Å². The summed E-state index contributed by atoms with van der Waals surface area (Å²) in [6.45, 7) is -0.340. The van der Waals surface area contributed by atoms with Crippen LogP contribution in [0.15, 0.2) is 48.7 Å². The van der Waals surface area contributed by atoms with Crippen molar-refractivity contribution in [2.45, 2.75) is 6.54 Å². The van der Waals surface area contributed by atoms with E-state index in [-0.39, 0.29) is 23.9 Å². The maximum Gasteiger partial charge on any atom is 0.328 e. The lowest BCUT2D eigenvalue weighted by Gasteiger charge is -2.04. The van der Waals surface area contributed by atoms with Crippen LogP contribution in [-0.4, -0.2) is 40.8 Å². The van der Waals surface area contributed by atoms with Gasteiger partial charge in [-0.1, -0.05) is 12.1 Å². The molecule has 0 saturated heterocycles. The third kappa shape index (κ3) is 3.25. The predicted molar refractivity (Wildman–Crippen MR) is 96.3 cm³/mol. The second-order valence-electron chi connectivity index (χ2n) is 5.71. The van der Waals surface area contributed by atoms with Crippen LogP contribution in [0, 0.1) is 0 Å². The Morgan fingerprint density at radius 2 is 2.03 bits per heavy atom. The van der Waals surface area contributed by atoms with Crippen molar-refractivity contribution in [3.8, 4) is 17.4 Å². The third-order valence-electron chi connectivity index (χ3n) is 3.83. The van der Waals surface area contributed by atoms with Gasteiger partial charge in [0.2, 0.25) is 11.6 Å². The Kier molecular flexibility index (Phi) is 4.19. The highest BCUT2D eigenvalue weighted by atomic mass is 16.6. The summed E-state index contributed by atoms with van der Waals surface area (Å²) in [5.74, 6) is -1.39. The standard InChI is InChI=1S/C15H11N9O5/c16-11-9(22-29-23-11)12-17-6-3-1-2-4-7(6)24(12)5-8(25)20-21-10-13(26)18-15(28)19-14(10)27/h1-4H,5H2,(H2,16,23)(H3,18,19,26,27,28). The number of carbonyl (C=O) groups is 1. The van der Waals surface area contributed by atoms with E-state index in [1.54, 1.807) is 24.3 Å². The number of aromatic nitrogens is 6. The molecule has 4 rings (SSSR count).